The predicted octanol–water partition coefficient (Wildman–Crippen LogP) is 5.47. The van der Waals surface area contributed by atoms with Crippen molar-refractivity contribution in [1.29, 1.82) is 0 Å². The SMILES string of the molecule is C[C@H](OCc1ccc(CN)cc1)c1cccc2c(-c3ccc(CS(C)(=O)=O)c(Cl)c3)c(C(=O)O)[nH]c12. The standard InChI is InChI=1S/C27H27ClN2O5S/c1-16(35-14-18-8-6-17(13-29)7-9-18)21-4-3-5-22-24(26(27(31)32)30-25(21)22)19-10-11-20(23(28)12-19)15-36(2,33)34/h3-12,16,30H,13-15,29H2,1-2H3,(H,31,32)/t16-/m0/s1. The molecule has 0 unspecified atom stereocenters. The van der Waals surface area contributed by atoms with E-state index in [4.69, 9.17) is 22.1 Å². The highest BCUT2D eigenvalue weighted by atomic mass is 35.5. The van der Waals surface area contributed by atoms with E-state index in [-0.39, 0.29) is 22.6 Å². The molecule has 1 atom stereocenters. The van der Waals surface area contributed by atoms with Crippen LogP contribution in [0.15, 0.2) is 60.7 Å². The van der Waals surface area contributed by atoms with Crippen molar-refractivity contribution in [3.8, 4) is 11.1 Å². The average molecular weight is 527 g/mol. The topological polar surface area (TPSA) is 122 Å². The summed E-state index contributed by atoms with van der Waals surface area (Å²) in [6.07, 6.45) is 0.816. The summed E-state index contributed by atoms with van der Waals surface area (Å²) >= 11 is 6.39. The molecular weight excluding hydrogens is 500 g/mol. The number of hydrogen-bond acceptors (Lipinski definition) is 5. The van der Waals surface area contributed by atoms with Crippen molar-refractivity contribution in [2.24, 2.45) is 5.73 Å². The summed E-state index contributed by atoms with van der Waals surface area (Å²) < 4.78 is 29.5. The molecule has 0 saturated heterocycles. The first-order chi connectivity index (χ1) is 17.1. The molecule has 0 bridgehead atoms. The third-order valence-electron chi connectivity index (χ3n) is 6.04. The summed E-state index contributed by atoms with van der Waals surface area (Å²) in [6.45, 7) is 2.78. The molecule has 0 amide bonds. The fourth-order valence-corrected chi connectivity index (χ4v) is 5.37. The van der Waals surface area contributed by atoms with Crippen LogP contribution in [0.25, 0.3) is 22.0 Å². The molecular formula is C27H27ClN2O5S. The number of nitrogens with one attached hydrogen (secondary N) is 1. The summed E-state index contributed by atoms with van der Waals surface area (Å²) in [7, 11) is -3.27. The molecule has 3 aromatic carbocycles. The monoisotopic (exact) mass is 526 g/mol. The van der Waals surface area contributed by atoms with Crippen LogP contribution in [0.4, 0.5) is 0 Å². The van der Waals surface area contributed by atoms with Crippen LogP contribution in [0.3, 0.4) is 0 Å². The highest BCUT2D eigenvalue weighted by molar-refractivity contribution is 7.89. The van der Waals surface area contributed by atoms with Gasteiger partial charge in [0.25, 0.3) is 0 Å². The smallest absolute Gasteiger partial charge is 0.352 e. The third-order valence-corrected chi connectivity index (χ3v) is 7.22. The molecule has 36 heavy (non-hydrogen) atoms. The minimum atomic E-state index is -3.27. The van der Waals surface area contributed by atoms with E-state index in [1.807, 2.05) is 49.4 Å². The Bertz CT molecular complexity index is 1530. The molecule has 0 aliphatic carbocycles. The molecule has 1 heterocycles. The first-order valence-corrected chi connectivity index (χ1v) is 13.7. The van der Waals surface area contributed by atoms with Gasteiger partial charge in [-0.25, -0.2) is 13.2 Å². The molecule has 0 spiro atoms. The van der Waals surface area contributed by atoms with Crippen molar-refractivity contribution in [3.63, 3.8) is 0 Å². The van der Waals surface area contributed by atoms with Crippen LogP contribution >= 0.6 is 11.6 Å². The van der Waals surface area contributed by atoms with E-state index in [2.05, 4.69) is 4.98 Å². The maximum absolute atomic E-state index is 12.2. The number of nitrogens with two attached hydrogens (primary N) is 1. The van der Waals surface area contributed by atoms with Gasteiger partial charge in [0, 0.05) is 34.3 Å². The highest BCUT2D eigenvalue weighted by Crippen LogP contribution is 2.38. The molecule has 4 N–H and O–H groups in total. The second kappa shape index (κ2) is 10.4. The molecule has 188 valence electrons. The Morgan fingerprint density at radius 1 is 1.11 bits per heavy atom. The zero-order chi connectivity index (χ0) is 26.0. The summed E-state index contributed by atoms with van der Waals surface area (Å²) in [5.41, 5.74) is 10.7. The van der Waals surface area contributed by atoms with Crippen LogP contribution < -0.4 is 5.73 Å². The number of ether oxygens (including phenoxy) is 1. The number of carbonyl (C=O) groups is 1. The Balaban J connectivity index is 1.70. The van der Waals surface area contributed by atoms with Crippen molar-refractivity contribution < 1.29 is 23.1 Å². The number of sulfone groups is 1. The van der Waals surface area contributed by atoms with E-state index >= 15 is 0 Å². The van der Waals surface area contributed by atoms with Crippen LogP contribution in [-0.2, 0) is 33.5 Å². The predicted molar refractivity (Wildman–Crippen MR) is 142 cm³/mol. The summed E-state index contributed by atoms with van der Waals surface area (Å²) in [6, 6.07) is 18.4. The number of para-hydroxylation sites is 1. The maximum atomic E-state index is 12.2. The lowest BCUT2D eigenvalue weighted by molar-refractivity contribution is 0.0533. The summed E-state index contributed by atoms with van der Waals surface area (Å²) in [5, 5.41) is 10.9. The quantitative estimate of drug-likeness (QED) is 0.266. The van der Waals surface area contributed by atoms with Crippen molar-refractivity contribution in [2.75, 3.05) is 6.26 Å². The van der Waals surface area contributed by atoms with Gasteiger partial charge in [-0.05, 0) is 35.2 Å². The Kier molecular flexibility index (Phi) is 7.51. The Morgan fingerprint density at radius 3 is 2.42 bits per heavy atom. The second-order valence-corrected chi connectivity index (χ2v) is 11.3. The number of carboxylic acids is 1. The van der Waals surface area contributed by atoms with E-state index in [0.29, 0.717) is 40.7 Å². The van der Waals surface area contributed by atoms with Gasteiger partial charge in [0.05, 0.1) is 24.0 Å². The van der Waals surface area contributed by atoms with E-state index in [1.54, 1.807) is 18.2 Å². The van der Waals surface area contributed by atoms with Crippen LogP contribution in [-0.4, -0.2) is 30.7 Å². The molecule has 4 rings (SSSR count). The van der Waals surface area contributed by atoms with Crippen LogP contribution in [0.1, 0.15) is 45.8 Å². The Hall–Kier alpha value is -3.17. The number of hydrogen-bond donors (Lipinski definition) is 3. The van der Waals surface area contributed by atoms with Crippen molar-refractivity contribution in [3.05, 3.63) is 93.6 Å². The van der Waals surface area contributed by atoms with Crippen LogP contribution in [0.5, 0.6) is 0 Å². The molecule has 9 heteroatoms. The average Bonchev–Trinajstić information content (AvgIpc) is 3.23. The van der Waals surface area contributed by atoms with Crippen LogP contribution in [0.2, 0.25) is 5.02 Å². The summed E-state index contributed by atoms with van der Waals surface area (Å²) in [5.74, 6) is -1.31. The first-order valence-electron chi connectivity index (χ1n) is 11.3. The minimum absolute atomic E-state index is 0.0222. The lowest BCUT2D eigenvalue weighted by atomic mass is 9.98. The first kappa shape index (κ1) is 25.9. The molecule has 0 aliphatic heterocycles. The number of carboxylic acid groups (broad SMARTS) is 1. The Morgan fingerprint density at radius 2 is 1.81 bits per heavy atom. The fraction of sp³-hybridized carbons (Fsp3) is 0.222. The van der Waals surface area contributed by atoms with E-state index < -0.39 is 15.8 Å². The van der Waals surface area contributed by atoms with Gasteiger partial charge in [0.2, 0.25) is 0 Å². The van der Waals surface area contributed by atoms with E-state index in [1.165, 1.54) is 0 Å². The Labute approximate surface area is 214 Å². The molecule has 0 aliphatic rings. The van der Waals surface area contributed by atoms with Crippen molar-refractivity contribution in [1.82, 2.24) is 4.98 Å². The highest BCUT2D eigenvalue weighted by Gasteiger charge is 2.23. The minimum Gasteiger partial charge on any atom is -0.477 e. The molecule has 0 fully saturated rings. The van der Waals surface area contributed by atoms with Gasteiger partial charge >= 0.3 is 5.97 Å². The number of benzene rings is 3. The largest absolute Gasteiger partial charge is 0.477 e. The number of aromatic nitrogens is 1. The van der Waals surface area contributed by atoms with Gasteiger partial charge in [0.15, 0.2) is 9.84 Å². The number of H-pyrrole nitrogens is 1. The van der Waals surface area contributed by atoms with E-state index in [9.17, 15) is 18.3 Å². The second-order valence-electron chi connectivity index (χ2n) is 8.80. The lowest BCUT2D eigenvalue weighted by Gasteiger charge is -2.15. The molecule has 0 radical (unpaired) electrons. The van der Waals surface area contributed by atoms with Gasteiger partial charge in [0.1, 0.15) is 5.69 Å². The maximum Gasteiger partial charge on any atom is 0.352 e. The number of fused-ring (bicyclic) bond motifs is 1. The molecule has 1 aromatic heterocycles. The van der Waals surface area contributed by atoms with Crippen molar-refractivity contribution in [2.45, 2.75) is 31.9 Å². The number of aromatic amines is 1. The third kappa shape index (κ3) is 5.63. The molecule has 0 saturated carbocycles. The van der Waals surface area contributed by atoms with Gasteiger partial charge in [-0.2, -0.15) is 0 Å². The van der Waals surface area contributed by atoms with E-state index in [0.717, 1.165) is 22.9 Å². The normalized spacial score (nSPS) is 12.7. The number of rotatable bonds is 9. The van der Waals surface area contributed by atoms with Gasteiger partial charge in [-0.15, -0.1) is 0 Å². The number of aromatic carboxylic acids is 1. The van der Waals surface area contributed by atoms with Gasteiger partial charge in [-0.3, -0.25) is 0 Å². The van der Waals surface area contributed by atoms with Crippen molar-refractivity contribution >= 4 is 38.3 Å². The fourth-order valence-electron chi connectivity index (χ4n) is 4.22. The zero-order valence-corrected chi connectivity index (χ0v) is 21.5. The van der Waals surface area contributed by atoms with Gasteiger partial charge in [-0.1, -0.05) is 66.2 Å². The molecule has 4 aromatic rings. The molecule has 7 nitrogen and oxygen atoms in total. The van der Waals surface area contributed by atoms with Crippen LogP contribution in [0, 0.1) is 0 Å². The summed E-state index contributed by atoms with van der Waals surface area (Å²) in [4.78, 5) is 15.2. The number of halogens is 1. The zero-order valence-electron chi connectivity index (χ0n) is 19.9. The lowest BCUT2D eigenvalue weighted by Crippen LogP contribution is -2.02. The van der Waals surface area contributed by atoms with Gasteiger partial charge < -0.3 is 20.6 Å².